The Hall–Kier alpha value is -0.670. The molecule has 1 aromatic rings. The maximum Gasteiger partial charge on any atom is 0.191 e. The molecule has 0 saturated heterocycles. The van der Waals surface area contributed by atoms with Gasteiger partial charge in [-0.1, -0.05) is 31.5 Å². The van der Waals surface area contributed by atoms with E-state index >= 15 is 0 Å². The van der Waals surface area contributed by atoms with E-state index in [2.05, 4.69) is 22.5 Å². The summed E-state index contributed by atoms with van der Waals surface area (Å²) in [6.45, 7) is 6.47. The van der Waals surface area contributed by atoms with Crippen molar-refractivity contribution in [2.75, 3.05) is 32.0 Å². The Morgan fingerprint density at radius 1 is 1.20 bits per heavy atom. The highest BCUT2D eigenvalue weighted by molar-refractivity contribution is 14.0. The molecule has 0 heterocycles. The van der Waals surface area contributed by atoms with Crippen LogP contribution in [0, 0.1) is 5.92 Å². The Morgan fingerprint density at radius 2 is 1.92 bits per heavy atom. The van der Waals surface area contributed by atoms with Crippen LogP contribution < -0.4 is 10.6 Å². The average molecular weight is 481 g/mol. The van der Waals surface area contributed by atoms with Crippen LogP contribution in [0.15, 0.2) is 40.2 Å². The summed E-state index contributed by atoms with van der Waals surface area (Å²) < 4.78 is 12.2. The zero-order valence-electron chi connectivity index (χ0n) is 15.2. The van der Waals surface area contributed by atoms with Crippen LogP contribution in [0.1, 0.15) is 33.1 Å². The van der Waals surface area contributed by atoms with Gasteiger partial charge in [-0.3, -0.25) is 9.20 Å². The molecule has 0 bridgehead atoms. The van der Waals surface area contributed by atoms with Crippen molar-refractivity contribution in [3.63, 3.8) is 0 Å². The van der Waals surface area contributed by atoms with Crippen molar-refractivity contribution in [3.05, 3.63) is 30.3 Å². The van der Waals surface area contributed by atoms with E-state index in [0.29, 0.717) is 24.8 Å². The third kappa shape index (κ3) is 10.8. The SMILES string of the molecule is CCCC(CCO)CN=C(NCC)NCCS(=O)c1ccccc1.I. The van der Waals surface area contributed by atoms with Gasteiger partial charge in [0, 0.05) is 36.9 Å². The standard InChI is InChI=1S/C18H31N3O2S.HI/c1-3-8-16(11-13-22)15-21-18(19-4-2)20-12-14-24(23)17-9-6-5-7-10-17;/h5-7,9-10,16,22H,3-4,8,11-15H2,1-2H3,(H2,19,20,21);1H. The van der Waals surface area contributed by atoms with Gasteiger partial charge in [0.1, 0.15) is 0 Å². The van der Waals surface area contributed by atoms with E-state index in [0.717, 1.165) is 36.7 Å². The fourth-order valence-electron chi connectivity index (χ4n) is 2.43. The van der Waals surface area contributed by atoms with Crippen molar-refractivity contribution in [3.8, 4) is 0 Å². The third-order valence-corrected chi connectivity index (χ3v) is 5.04. The first-order chi connectivity index (χ1) is 11.7. The van der Waals surface area contributed by atoms with Gasteiger partial charge in [-0.05, 0) is 37.8 Å². The van der Waals surface area contributed by atoms with Crippen LogP contribution in [0.4, 0.5) is 0 Å². The largest absolute Gasteiger partial charge is 0.396 e. The van der Waals surface area contributed by atoms with Gasteiger partial charge in [-0.2, -0.15) is 0 Å². The van der Waals surface area contributed by atoms with Gasteiger partial charge in [-0.15, -0.1) is 24.0 Å². The molecule has 0 fully saturated rings. The predicted molar refractivity (Wildman–Crippen MR) is 117 cm³/mol. The second-order valence-corrected chi connectivity index (χ2v) is 7.25. The molecule has 1 aromatic carbocycles. The minimum absolute atomic E-state index is 0. The summed E-state index contributed by atoms with van der Waals surface area (Å²) in [5.41, 5.74) is 0. The van der Waals surface area contributed by atoms with Gasteiger partial charge in [0.2, 0.25) is 0 Å². The van der Waals surface area contributed by atoms with E-state index in [-0.39, 0.29) is 30.6 Å². The lowest BCUT2D eigenvalue weighted by atomic mass is 10.0. The van der Waals surface area contributed by atoms with Crippen molar-refractivity contribution < 1.29 is 9.32 Å². The number of hydrogen-bond acceptors (Lipinski definition) is 3. The Kier molecular flexibility index (Phi) is 15.2. The van der Waals surface area contributed by atoms with Gasteiger partial charge >= 0.3 is 0 Å². The molecular formula is C18H32IN3O2S. The first kappa shape index (κ1) is 24.3. The van der Waals surface area contributed by atoms with Crippen molar-refractivity contribution in [2.45, 2.75) is 38.0 Å². The molecule has 2 atom stereocenters. The minimum atomic E-state index is -1.00. The molecule has 0 aromatic heterocycles. The summed E-state index contributed by atoms with van der Waals surface area (Å²) in [5.74, 6) is 1.71. The normalized spacial score (nSPS) is 13.6. The summed E-state index contributed by atoms with van der Waals surface area (Å²) in [4.78, 5) is 5.46. The van der Waals surface area contributed by atoms with Crippen LogP contribution in [0.5, 0.6) is 0 Å². The van der Waals surface area contributed by atoms with Gasteiger partial charge < -0.3 is 15.7 Å². The van der Waals surface area contributed by atoms with E-state index in [1.165, 1.54) is 0 Å². The molecule has 0 spiro atoms. The molecule has 0 aliphatic rings. The summed E-state index contributed by atoms with van der Waals surface area (Å²) in [6.07, 6.45) is 2.95. The molecule has 0 aliphatic carbocycles. The number of nitrogens with zero attached hydrogens (tertiary/aromatic N) is 1. The van der Waals surface area contributed by atoms with Gasteiger partial charge in [0.25, 0.3) is 0 Å². The van der Waals surface area contributed by atoms with E-state index in [4.69, 9.17) is 5.11 Å². The highest BCUT2D eigenvalue weighted by atomic mass is 127. The Bertz CT molecular complexity index is 494. The van der Waals surface area contributed by atoms with Crippen LogP contribution in [0.2, 0.25) is 0 Å². The lowest BCUT2D eigenvalue weighted by Crippen LogP contribution is -2.39. The molecule has 144 valence electrons. The zero-order valence-corrected chi connectivity index (χ0v) is 18.4. The first-order valence-corrected chi connectivity index (χ1v) is 10.1. The molecule has 7 heteroatoms. The van der Waals surface area contributed by atoms with E-state index in [9.17, 15) is 4.21 Å². The average Bonchev–Trinajstić information content (AvgIpc) is 2.60. The van der Waals surface area contributed by atoms with Crippen LogP contribution in [-0.4, -0.2) is 47.3 Å². The Morgan fingerprint density at radius 3 is 2.52 bits per heavy atom. The van der Waals surface area contributed by atoms with Crippen LogP contribution in [-0.2, 0) is 10.8 Å². The summed E-state index contributed by atoms with van der Waals surface area (Å²) in [5, 5.41) is 15.6. The number of benzene rings is 1. The van der Waals surface area contributed by atoms with Crippen molar-refractivity contribution in [2.24, 2.45) is 10.9 Å². The second-order valence-electron chi connectivity index (χ2n) is 5.68. The number of rotatable bonds is 11. The third-order valence-electron chi connectivity index (χ3n) is 3.67. The number of nitrogens with one attached hydrogen (secondary N) is 2. The van der Waals surface area contributed by atoms with Gasteiger partial charge in [-0.25, -0.2) is 0 Å². The van der Waals surface area contributed by atoms with Gasteiger partial charge in [0.15, 0.2) is 5.96 Å². The minimum Gasteiger partial charge on any atom is -0.396 e. The van der Waals surface area contributed by atoms with E-state index in [1.54, 1.807) is 0 Å². The van der Waals surface area contributed by atoms with Crippen molar-refractivity contribution in [1.82, 2.24) is 10.6 Å². The number of aliphatic hydroxyl groups is 1. The molecule has 0 amide bonds. The number of aliphatic imine (C=N–C) groups is 1. The maximum absolute atomic E-state index is 12.2. The number of guanidine groups is 1. The monoisotopic (exact) mass is 481 g/mol. The highest BCUT2D eigenvalue weighted by Crippen LogP contribution is 2.11. The maximum atomic E-state index is 12.2. The molecule has 0 radical (unpaired) electrons. The Balaban J connectivity index is 0.00000576. The fourth-order valence-corrected chi connectivity index (χ4v) is 3.42. The smallest absolute Gasteiger partial charge is 0.191 e. The fraction of sp³-hybridized carbons (Fsp3) is 0.611. The Labute approximate surface area is 171 Å². The molecule has 25 heavy (non-hydrogen) atoms. The van der Waals surface area contributed by atoms with E-state index < -0.39 is 10.8 Å². The topological polar surface area (TPSA) is 73.7 Å². The highest BCUT2D eigenvalue weighted by Gasteiger charge is 2.08. The predicted octanol–water partition coefficient (Wildman–Crippen LogP) is 2.77. The van der Waals surface area contributed by atoms with Crippen LogP contribution in [0.25, 0.3) is 0 Å². The van der Waals surface area contributed by atoms with Crippen LogP contribution >= 0.6 is 24.0 Å². The quantitative estimate of drug-likeness (QED) is 0.258. The number of aliphatic hydroxyl groups excluding tert-OH is 1. The molecule has 0 saturated carbocycles. The summed E-state index contributed by atoms with van der Waals surface area (Å²) in [7, 11) is -1.00. The van der Waals surface area contributed by atoms with Crippen LogP contribution in [0.3, 0.4) is 0 Å². The summed E-state index contributed by atoms with van der Waals surface area (Å²) >= 11 is 0. The van der Waals surface area contributed by atoms with E-state index in [1.807, 2.05) is 37.3 Å². The zero-order chi connectivity index (χ0) is 17.6. The number of halogens is 1. The van der Waals surface area contributed by atoms with Crippen molar-refractivity contribution >= 4 is 40.7 Å². The van der Waals surface area contributed by atoms with Crippen molar-refractivity contribution in [1.29, 1.82) is 0 Å². The molecular weight excluding hydrogens is 449 g/mol. The molecule has 0 aliphatic heterocycles. The first-order valence-electron chi connectivity index (χ1n) is 8.77. The summed E-state index contributed by atoms with van der Waals surface area (Å²) in [6, 6.07) is 9.51. The molecule has 1 rings (SSSR count). The lowest BCUT2D eigenvalue weighted by Gasteiger charge is -2.15. The lowest BCUT2D eigenvalue weighted by molar-refractivity contribution is 0.253. The number of hydrogen-bond donors (Lipinski definition) is 3. The van der Waals surface area contributed by atoms with Gasteiger partial charge in [0.05, 0.1) is 10.8 Å². The molecule has 5 nitrogen and oxygen atoms in total. The molecule has 2 unspecified atom stereocenters. The molecule has 3 N–H and O–H groups in total. The second kappa shape index (κ2) is 15.6.